The molecular formula is C16H27BO3. The first kappa shape index (κ1) is 14.6. The molecule has 1 aliphatic heterocycles. The van der Waals surface area contributed by atoms with Crippen molar-refractivity contribution in [2.75, 3.05) is 0 Å². The van der Waals surface area contributed by atoms with E-state index >= 15 is 0 Å². The molecule has 0 N–H and O–H groups in total. The molecule has 3 nitrogen and oxygen atoms in total. The van der Waals surface area contributed by atoms with Crippen LogP contribution < -0.4 is 0 Å². The molecule has 3 fully saturated rings. The second kappa shape index (κ2) is 4.57. The van der Waals surface area contributed by atoms with Crippen LogP contribution in [0.2, 0.25) is 5.82 Å². The van der Waals surface area contributed by atoms with Gasteiger partial charge in [-0.3, -0.25) is 4.79 Å². The van der Waals surface area contributed by atoms with Gasteiger partial charge >= 0.3 is 7.12 Å². The average Bonchev–Trinajstić information content (AvgIpc) is 2.87. The third-order valence-corrected chi connectivity index (χ3v) is 6.34. The number of carbonyl (C=O) groups excluding carboxylic acids is 1. The fourth-order valence-corrected chi connectivity index (χ4v) is 4.28. The van der Waals surface area contributed by atoms with Crippen molar-refractivity contribution >= 4 is 12.9 Å². The van der Waals surface area contributed by atoms with Crippen molar-refractivity contribution < 1.29 is 14.1 Å². The Labute approximate surface area is 122 Å². The predicted octanol–water partition coefficient (Wildman–Crippen LogP) is 3.76. The van der Waals surface area contributed by atoms with Gasteiger partial charge in [-0.25, -0.2) is 0 Å². The van der Waals surface area contributed by atoms with Crippen molar-refractivity contribution in [2.45, 2.75) is 89.7 Å². The Morgan fingerprint density at radius 1 is 1.00 bits per heavy atom. The van der Waals surface area contributed by atoms with E-state index in [0.717, 1.165) is 12.8 Å². The van der Waals surface area contributed by atoms with Crippen LogP contribution in [-0.4, -0.2) is 24.1 Å². The highest BCUT2D eigenvalue weighted by Gasteiger charge is 2.59. The summed E-state index contributed by atoms with van der Waals surface area (Å²) >= 11 is 0. The molecule has 0 bridgehead atoms. The quantitative estimate of drug-likeness (QED) is 0.685. The molecule has 1 atom stereocenters. The first-order valence-electron chi connectivity index (χ1n) is 8.13. The third kappa shape index (κ3) is 2.16. The van der Waals surface area contributed by atoms with Crippen LogP contribution in [-0.2, 0) is 14.1 Å². The van der Waals surface area contributed by atoms with Gasteiger partial charge in [0.25, 0.3) is 0 Å². The Balaban J connectivity index is 1.85. The highest BCUT2D eigenvalue weighted by atomic mass is 16.7. The third-order valence-electron chi connectivity index (χ3n) is 6.34. The molecule has 20 heavy (non-hydrogen) atoms. The highest BCUT2D eigenvalue weighted by molar-refractivity contribution is 6.48. The number of rotatable bonds is 1. The fraction of sp³-hybridized carbons (Fsp3) is 0.938. The molecule has 1 spiro atoms. The van der Waals surface area contributed by atoms with E-state index in [0.29, 0.717) is 17.6 Å². The minimum absolute atomic E-state index is 0.206. The van der Waals surface area contributed by atoms with E-state index in [2.05, 4.69) is 27.7 Å². The highest BCUT2D eigenvalue weighted by Crippen LogP contribution is 2.58. The maximum absolute atomic E-state index is 12.0. The van der Waals surface area contributed by atoms with Crippen molar-refractivity contribution in [1.82, 2.24) is 0 Å². The summed E-state index contributed by atoms with van der Waals surface area (Å²) in [7, 11) is -0.206. The topological polar surface area (TPSA) is 35.5 Å². The smallest absolute Gasteiger partial charge is 0.403 e. The summed E-state index contributed by atoms with van der Waals surface area (Å²) in [4.78, 5) is 12.0. The van der Waals surface area contributed by atoms with Crippen molar-refractivity contribution in [3.05, 3.63) is 0 Å². The molecule has 1 saturated heterocycles. The Bertz CT molecular complexity index is 394. The van der Waals surface area contributed by atoms with Gasteiger partial charge in [-0.2, -0.15) is 0 Å². The Kier molecular flexibility index (Phi) is 3.34. The lowest BCUT2D eigenvalue weighted by Gasteiger charge is -2.41. The van der Waals surface area contributed by atoms with Crippen LogP contribution in [0.25, 0.3) is 0 Å². The van der Waals surface area contributed by atoms with E-state index in [4.69, 9.17) is 9.31 Å². The number of hydrogen-bond donors (Lipinski definition) is 0. The Morgan fingerprint density at radius 2 is 1.55 bits per heavy atom. The minimum atomic E-state index is -0.294. The van der Waals surface area contributed by atoms with Gasteiger partial charge in [-0.15, -0.1) is 0 Å². The summed E-state index contributed by atoms with van der Waals surface area (Å²) in [6, 6.07) is 0. The molecule has 0 aromatic rings. The molecule has 1 unspecified atom stereocenters. The molecule has 0 radical (unpaired) electrons. The molecule has 0 amide bonds. The van der Waals surface area contributed by atoms with Gasteiger partial charge in [0.15, 0.2) is 0 Å². The average molecular weight is 278 g/mol. The van der Waals surface area contributed by atoms with Crippen LogP contribution in [0.1, 0.15) is 72.6 Å². The lowest BCUT2D eigenvalue weighted by Crippen LogP contribution is -2.41. The summed E-state index contributed by atoms with van der Waals surface area (Å²) in [6.45, 7) is 8.38. The van der Waals surface area contributed by atoms with E-state index in [9.17, 15) is 4.79 Å². The standard InChI is InChI=1S/C16H27BO3/c1-14(2)15(3,4)20-17(19-14)13-11-12(18)7-10-16(13)8-5-6-9-16/h13H,5-11H2,1-4H3. The molecule has 3 aliphatic rings. The molecule has 0 aromatic carbocycles. The van der Waals surface area contributed by atoms with E-state index in [1.54, 1.807) is 0 Å². The minimum Gasteiger partial charge on any atom is -0.403 e. The van der Waals surface area contributed by atoms with Gasteiger partial charge in [0, 0.05) is 18.7 Å². The van der Waals surface area contributed by atoms with Crippen molar-refractivity contribution in [2.24, 2.45) is 5.41 Å². The molecule has 4 heteroatoms. The van der Waals surface area contributed by atoms with E-state index in [1.807, 2.05) is 0 Å². The SMILES string of the molecule is CC1(C)OB(C2CC(=O)CCC23CCCC3)OC1(C)C. The van der Waals surface area contributed by atoms with E-state index in [-0.39, 0.29) is 24.1 Å². The second-order valence-corrected chi connectivity index (χ2v) is 8.04. The number of carbonyl (C=O) groups is 1. The van der Waals surface area contributed by atoms with Gasteiger partial charge in [0.2, 0.25) is 0 Å². The van der Waals surface area contributed by atoms with Crippen molar-refractivity contribution in [1.29, 1.82) is 0 Å². The zero-order valence-corrected chi connectivity index (χ0v) is 13.3. The van der Waals surface area contributed by atoms with Gasteiger partial charge in [0.05, 0.1) is 11.2 Å². The van der Waals surface area contributed by atoms with Gasteiger partial charge in [0.1, 0.15) is 5.78 Å². The second-order valence-electron chi connectivity index (χ2n) is 8.04. The number of hydrogen-bond acceptors (Lipinski definition) is 3. The molecule has 3 rings (SSSR count). The van der Waals surface area contributed by atoms with Crippen LogP contribution in [0.4, 0.5) is 0 Å². The van der Waals surface area contributed by atoms with Crippen LogP contribution in [0.3, 0.4) is 0 Å². The normalized spacial score (nSPS) is 34.9. The van der Waals surface area contributed by atoms with Crippen molar-refractivity contribution in [3.63, 3.8) is 0 Å². The van der Waals surface area contributed by atoms with E-state index in [1.165, 1.54) is 25.7 Å². The maximum atomic E-state index is 12.0. The van der Waals surface area contributed by atoms with Crippen LogP contribution in [0.15, 0.2) is 0 Å². The zero-order valence-electron chi connectivity index (χ0n) is 13.3. The van der Waals surface area contributed by atoms with Crippen LogP contribution in [0, 0.1) is 5.41 Å². The maximum Gasteiger partial charge on any atom is 0.462 e. The number of ketones is 1. The van der Waals surface area contributed by atoms with Crippen LogP contribution >= 0.6 is 0 Å². The predicted molar refractivity (Wildman–Crippen MR) is 79.6 cm³/mol. The van der Waals surface area contributed by atoms with Gasteiger partial charge in [-0.05, 0) is 52.4 Å². The Morgan fingerprint density at radius 3 is 2.10 bits per heavy atom. The van der Waals surface area contributed by atoms with Gasteiger partial charge in [-0.1, -0.05) is 12.8 Å². The summed E-state index contributed by atoms with van der Waals surface area (Å²) in [5.74, 6) is 0.648. The van der Waals surface area contributed by atoms with Crippen LogP contribution in [0.5, 0.6) is 0 Å². The number of Topliss-reactive ketones (excluding diaryl/α,β-unsaturated/α-hetero) is 1. The molecule has 2 saturated carbocycles. The van der Waals surface area contributed by atoms with Gasteiger partial charge < -0.3 is 9.31 Å². The largest absolute Gasteiger partial charge is 0.462 e. The Hall–Kier alpha value is -0.345. The summed E-state index contributed by atoms with van der Waals surface area (Å²) < 4.78 is 12.5. The van der Waals surface area contributed by atoms with E-state index < -0.39 is 0 Å². The summed E-state index contributed by atoms with van der Waals surface area (Å²) in [5.41, 5.74) is -0.287. The van der Waals surface area contributed by atoms with Crippen molar-refractivity contribution in [3.8, 4) is 0 Å². The first-order chi connectivity index (χ1) is 9.26. The lowest BCUT2D eigenvalue weighted by molar-refractivity contribution is -0.122. The zero-order chi connectivity index (χ0) is 14.6. The first-order valence-corrected chi connectivity index (χ1v) is 8.13. The lowest BCUT2D eigenvalue weighted by atomic mass is 9.50. The molecular weight excluding hydrogens is 251 g/mol. The summed E-state index contributed by atoms with van der Waals surface area (Å²) in [6.07, 6.45) is 7.53. The fourth-order valence-electron chi connectivity index (χ4n) is 4.28. The molecule has 2 aliphatic carbocycles. The molecule has 112 valence electrons. The molecule has 1 heterocycles. The monoisotopic (exact) mass is 278 g/mol. The summed E-state index contributed by atoms with van der Waals surface area (Å²) in [5, 5.41) is 0. The molecule has 0 aromatic heterocycles.